The normalized spacial score (nSPS) is 13.9. The fourth-order valence-corrected chi connectivity index (χ4v) is 3.73. The Hall–Kier alpha value is -3.15. The molecule has 0 spiro atoms. The Morgan fingerprint density at radius 2 is 1.63 bits per heavy atom. The molecule has 1 aliphatic rings. The van der Waals surface area contributed by atoms with Crippen LogP contribution in [0.5, 0.6) is 0 Å². The second kappa shape index (κ2) is 8.30. The van der Waals surface area contributed by atoms with Crippen molar-refractivity contribution in [1.29, 1.82) is 0 Å². The lowest BCUT2D eigenvalue weighted by Crippen LogP contribution is -2.32. The number of hydrogen-bond donors (Lipinski definition) is 1. The van der Waals surface area contributed by atoms with Crippen LogP contribution < -0.4 is 5.32 Å². The molecule has 0 radical (unpaired) electrons. The van der Waals surface area contributed by atoms with Gasteiger partial charge in [0.2, 0.25) is 0 Å². The molecule has 4 rings (SSSR count). The van der Waals surface area contributed by atoms with E-state index in [2.05, 4.69) is 10.3 Å². The molecule has 2 heterocycles. The quantitative estimate of drug-likeness (QED) is 0.564. The van der Waals surface area contributed by atoms with Crippen LogP contribution >= 0.6 is 23.2 Å². The Bertz CT molecular complexity index is 1160. The third-order valence-corrected chi connectivity index (χ3v) is 5.33. The van der Waals surface area contributed by atoms with E-state index in [0.717, 1.165) is 11.1 Å². The molecule has 0 saturated carbocycles. The number of carbonyl (C=O) groups excluding carboxylic acids is 2. The average molecular weight is 438 g/mol. The molecule has 0 fully saturated rings. The maximum absolute atomic E-state index is 13.3. The number of aromatic nitrogens is 1. The van der Waals surface area contributed by atoms with Gasteiger partial charge in [0.05, 0.1) is 17.1 Å². The van der Waals surface area contributed by atoms with Gasteiger partial charge < -0.3 is 5.32 Å². The topological polar surface area (TPSA) is 62.3 Å². The molecule has 2 aromatic carbocycles. The predicted octanol–water partition coefficient (Wildman–Crippen LogP) is 5.09. The molecule has 0 saturated heterocycles. The molecule has 1 N–H and O–H groups in total. The van der Waals surface area contributed by atoms with E-state index in [4.69, 9.17) is 23.2 Å². The number of aryl methyl sites for hydroxylation is 1. The van der Waals surface area contributed by atoms with Crippen LogP contribution in [0.1, 0.15) is 16.7 Å². The third kappa shape index (κ3) is 3.95. The van der Waals surface area contributed by atoms with E-state index in [1.165, 1.54) is 4.90 Å². The highest BCUT2D eigenvalue weighted by Gasteiger charge is 2.40. The lowest BCUT2D eigenvalue weighted by atomic mass is 10.0. The van der Waals surface area contributed by atoms with Gasteiger partial charge in [0, 0.05) is 28.7 Å². The molecule has 2 amide bonds. The third-order valence-electron chi connectivity index (χ3n) is 4.78. The number of nitrogens with zero attached hydrogens (tertiary/aromatic N) is 2. The van der Waals surface area contributed by atoms with E-state index in [1.807, 2.05) is 31.2 Å². The minimum atomic E-state index is -0.421. The van der Waals surface area contributed by atoms with Crippen LogP contribution in [0.2, 0.25) is 10.0 Å². The SMILES string of the molecule is Cc1ccc(NC2=C(c3ccc(Cl)cc3Cl)C(=O)N(Cc3ccncc3)C2=O)cc1. The van der Waals surface area contributed by atoms with Crippen molar-refractivity contribution in [3.05, 3.63) is 99.4 Å². The second-order valence-electron chi connectivity index (χ2n) is 6.92. The van der Waals surface area contributed by atoms with E-state index in [0.29, 0.717) is 21.3 Å². The monoisotopic (exact) mass is 437 g/mol. The number of anilines is 1. The van der Waals surface area contributed by atoms with Crippen molar-refractivity contribution in [1.82, 2.24) is 9.88 Å². The first kappa shape index (κ1) is 20.1. The molecule has 0 aliphatic carbocycles. The number of halogens is 2. The first-order chi connectivity index (χ1) is 14.4. The summed E-state index contributed by atoms with van der Waals surface area (Å²) in [6.45, 7) is 2.11. The Kier molecular flexibility index (Phi) is 5.57. The molecule has 1 aromatic heterocycles. The molecular weight excluding hydrogens is 421 g/mol. The van der Waals surface area contributed by atoms with Gasteiger partial charge in [-0.25, -0.2) is 0 Å². The highest BCUT2D eigenvalue weighted by Crippen LogP contribution is 2.36. The van der Waals surface area contributed by atoms with Crippen molar-refractivity contribution < 1.29 is 9.59 Å². The molecule has 0 unspecified atom stereocenters. The van der Waals surface area contributed by atoms with Gasteiger partial charge in [-0.3, -0.25) is 19.5 Å². The Morgan fingerprint density at radius 1 is 0.933 bits per heavy atom. The van der Waals surface area contributed by atoms with Gasteiger partial charge in [0.1, 0.15) is 5.70 Å². The summed E-state index contributed by atoms with van der Waals surface area (Å²) < 4.78 is 0. The van der Waals surface area contributed by atoms with Crippen LogP contribution in [0.15, 0.2) is 72.7 Å². The Labute approximate surface area is 183 Å². The molecule has 30 heavy (non-hydrogen) atoms. The van der Waals surface area contributed by atoms with Gasteiger partial charge in [-0.15, -0.1) is 0 Å². The van der Waals surface area contributed by atoms with Gasteiger partial charge in [0.25, 0.3) is 11.8 Å². The number of pyridine rings is 1. The number of rotatable bonds is 5. The van der Waals surface area contributed by atoms with Crippen molar-refractivity contribution in [3.8, 4) is 0 Å². The van der Waals surface area contributed by atoms with Crippen molar-refractivity contribution in [2.45, 2.75) is 13.5 Å². The van der Waals surface area contributed by atoms with E-state index in [1.54, 1.807) is 42.7 Å². The zero-order chi connectivity index (χ0) is 21.3. The van der Waals surface area contributed by atoms with Gasteiger partial charge in [0.15, 0.2) is 0 Å². The highest BCUT2D eigenvalue weighted by atomic mass is 35.5. The van der Waals surface area contributed by atoms with Gasteiger partial charge in [-0.1, -0.05) is 47.0 Å². The molecular formula is C23H17Cl2N3O2. The van der Waals surface area contributed by atoms with Crippen LogP contribution in [-0.4, -0.2) is 21.7 Å². The molecule has 1 aliphatic heterocycles. The average Bonchev–Trinajstić information content (AvgIpc) is 2.95. The van der Waals surface area contributed by atoms with Gasteiger partial charge in [-0.2, -0.15) is 0 Å². The summed E-state index contributed by atoms with van der Waals surface area (Å²) in [4.78, 5) is 31.7. The highest BCUT2D eigenvalue weighted by molar-refractivity contribution is 6.41. The summed E-state index contributed by atoms with van der Waals surface area (Å²) in [5.41, 5.74) is 3.43. The van der Waals surface area contributed by atoms with Crippen molar-refractivity contribution in [2.24, 2.45) is 0 Å². The molecule has 0 atom stereocenters. The van der Waals surface area contributed by atoms with E-state index >= 15 is 0 Å². The molecule has 150 valence electrons. The zero-order valence-electron chi connectivity index (χ0n) is 16.0. The minimum Gasteiger partial charge on any atom is -0.350 e. The van der Waals surface area contributed by atoms with E-state index < -0.39 is 11.8 Å². The number of amides is 2. The summed E-state index contributed by atoms with van der Waals surface area (Å²) in [6.07, 6.45) is 3.24. The van der Waals surface area contributed by atoms with Crippen LogP contribution in [0, 0.1) is 6.92 Å². The fraction of sp³-hybridized carbons (Fsp3) is 0.0870. The zero-order valence-corrected chi connectivity index (χ0v) is 17.5. The fourth-order valence-electron chi connectivity index (χ4n) is 3.23. The predicted molar refractivity (Wildman–Crippen MR) is 118 cm³/mol. The van der Waals surface area contributed by atoms with Crippen LogP contribution in [0.4, 0.5) is 5.69 Å². The Morgan fingerprint density at radius 3 is 2.30 bits per heavy atom. The van der Waals surface area contributed by atoms with Gasteiger partial charge in [-0.05, 0) is 48.9 Å². The van der Waals surface area contributed by atoms with Crippen LogP contribution in [0.25, 0.3) is 5.57 Å². The van der Waals surface area contributed by atoms with Crippen LogP contribution in [-0.2, 0) is 16.1 Å². The first-order valence-corrected chi connectivity index (χ1v) is 9.98. The van der Waals surface area contributed by atoms with E-state index in [-0.39, 0.29) is 17.8 Å². The van der Waals surface area contributed by atoms with Crippen LogP contribution in [0.3, 0.4) is 0 Å². The maximum Gasteiger partial charge on any atom is 0.278 e. The summed E-state index contributed by atoms with van der Waals surface area (Å²) >= 11 is 12.4. The number of benzene rings is 2. The summed E-state index contributed by atoms with van der Waals surface area (Å²) in [5, 5.41) is 3.86. The van der Waals surface area contributed by atoms with Crippen molar-refractivity contribution >= 4 is 46.3 Å². The first-order valence-electron chi connectivity index (χ1n) is 9.22. The molecule has 3 aromatic rings. The second-order valence-corrected chi connectivity index (χ2v) is 7.76. The number of imide groups is 1. The summed E-state index contributed by atoms with van der Waals surface area (Å²) in [7, 11) is 0. The number of hydrogen-bond acceptors (Lipinski definition) is 4. The van der Waals surface area contributed by atoms with Crippen molar-refractivity contribution in [2.75, 3.05) is 5.32 Å². The summed E-state index contributed by atoms with van der Waals surface area (Å²) in [6, 6.07) is 15.9. The molecule has 5 nitrogen and oxygen atoms in total. The van der Waals surface area contributed by atoms with E-state index in [9.17, 15) is 9.59 Å². The minimum absolute atomic E-state index is 0.133. The molecule has 0 bridgehead atoms. The number of carbonyl (C=O) groups is 2. The smallest absolute Gasteiger partial charge is 0.278 e. The lowest BCUT2D eigenvalue weighted by Gasteiger charge is -2.15. The van der Waals surface area contributed by atoms with Crippen molar-refractivity contribution in [3.63, 3.8) is 0 Å². The van der Waals surface area contributed by atoms with Gasteiger partial charge >= 0.3 is 0 Å². The standard InChI is InChI=1S/C23H17Cl2N3O2/c1-14-2-5-17(6-3-14)27-21-20(18-7-4-16(24)12-19(18)25)22(29)28(23(21)30)13-15-8-10-26-11-9-15/h2-12,27H,13H2,1H3. The number of nitrogens with one attached hydrogen (secondary N) is 1. The molecule has 7 heteroatoms. The Balaban J connectivity index is 1.78. The largest absolute Gasteiger partial charge is 0.350 e. The maximum atomic E-state index is 13.3. The lowest BCUT2D eigenvalue weighted by molar-refractivity contribution is -0.137. The summed E-state index contributed by atoms with van der Waals surface area (Å²) in [5.74, 6) is -0.839.